The van der Waals surface area contributed by atoms with Crippen LogP contribution in [-0.2, 0) is 0 Å². The van der Waals surface area contributed by atoms with Crippen molar-refractivity contribution in [3.8, 4) is 0 Å². The molecule has 0 saturated heterocycles. The first kappa shape index (κ1) is 15.3. The fourth-order valence-corrected chi connectivity index (χ4v) is 2.26. The van der Waals surface area contributed by atoms with Crippen LogP contribution >= 0.6 is 45.8 Å². The molecule has 0 spiro atoms. The molecule has 0 amide bonds. The van der Waals surface area contributed by atoms with Crippen LogP contribution in [0.1, 0.15) is 10.4 Å². The van der Waals surface area contributed by atoms with Crippen molar-refractivity contribution in [2.75, 3.05) is 5.32 Å². The number of halogens is 3. The summed E-state index contributed by atoms with van der Waals surface area (Å²) >= 11 is 13.9. The number of carbonyl (C=O) groups excluding carboxylic acids is 1. The van der Waals surface area contributed by atoms with Crippen LogP contribution in [0.4, 0.5) is 5.82 Å². The van der Waals surface area contributed by atoms with Crippen LogP contribution in [-0.4, -0.2) is 10.8 Å². The first-order valence-electron chi connectivity index (χ1n) is 5.60. The number of hydrogen-bond acceptors (Lipinski definition) is 3. The first-order valence-corrected chi connectivity index (χ1v) is 7.44. The fraction of sp³-hybridized carbons (Fsp3) is 0. The molecule has 1 aromatic carbocycles. The predicted molar refractivity (Wildman–Crippen MR) is 90.5 cm³/mol. The number of nitrogens with one attached hydrogen (secondary N) is 1. The minimum atomic E-state index is -0.204. The van der Waals surface area contributed by atoms with Crippen LogP contribution in [0.15, 0.2) is 48.8 Å². The summed E-state index contributed by atoms with van der Waals surface area (Å²) in [4.78, 5) is 16.1. The Hall–Kier alpha value is -1.11. The summed E-state index contributed by atoms with van der Waals surface area (Å²) in [5.41, 5.74) is 0.407. The molecule has 0 atom stereocenters. The highest BCUT2D eigenvalue weighted by Gasteiger charge is 2.07. The Labute approximate surface area is 140 Å². The number of hydrogen-bond donors (Lipinski definition) is 1. The zero-order valence-electron chi connectivity index (χ0n) is 10.1. The third-order valence-corrected chi connectivity index (χ3v) is 3.58. The Kier molecular flexibility index (Phi) is 5.39. The summed E-state index contributed by atoms with van der Waals surface area (Å²) in [5.74, 6) is 0.460. The molecule has 2 aromatic rings. The molecule has 102 valence electrons. The van der Waals surface area contributed by atoms with Crippen molar-refractivity contribution >= 4 is 57.4 Å². The van der Waals surface area contributed by atoms with Gasteiger partial charge in [0.15, 0.2) is 5.78 Å². The lowest BCUT2D eigenvalue weighted by Gasteiger charge is -2.01. The molecule has 0 bridgehead atoms. The van der Waals surface area contributed by atoms with Crippen LogP contribution < -0.4 is 5.32 Å². The van der Waals surface area contributed by atoms with E-state index in [0.717, 1.165) is 3.57 Å². The number of carbonyl (C=O) groups is 1. The average Bonchev–Trinajstić information content (AvgIpc) is 2.41. The molecular weight excluding hydrogens is 410 g/mol. The predicted octanol–water partition coefficient (Wildman–Crippen LogP) is 4.80. The third-order valence-electron chi connectivity index (χ3n) is 2.39. The highest BCUT2D eigenvalue weighted by molar-refractivity contribution is 14.1. The minimum absolute atomic E-state index is 0.204. The molecule has 2 rings (SSSR count). The molecular formula is C14H9Cl2IN2O. The van der Waals surface area contributed by atoms with Gasteiger partial charge in [0.25, 0.3) is 0 Å². The Balaban J connectivity index is 2.04. The van der Waals surface area contributed by atoms with E-state index in [-0.39, 0.29) is 5.78 Å². The van der Waals surface area contributed by atoms with E-state index in [2.05, 4.69) is 32.9 Å². The summed E-state index contributed by atoms with van der Waals surface area (Å²) in [5, 5.41) is 3.75. The van der Waals surface area contributed by atoms with Crippen LogP contribution in [0.5, 0.6) is 0 Å². The van der Waals surface area contributed by atoms with E-state index in [1.54, 1.807) is 18.3 Å². The molecule has 3 nitrogen and oxygen atoms in total. The van der Waals surface area contributed by atoms with Crippen molar-refractivity contribution in [3.63, 3.8) is 0 Å². The largest absolute Gasteiger partial charge is 0.347 e. The Morgan fingerprint density at radius 2 is 2.05 bits per heavy atom. The second-order valence-electron chi connectivity index (χ2n) is 3.83. The molecule has 6 heteroatoms. The summed E-state index contributed by atoms with van der Waals surface area (Å²) in [6.07, 6.45) is 4.66. The number of aromatic nitrogens is 1. The molecule has 0 radical (unpaired) electrons. The van der Waals surface area contributed by atoms with Crippen LogP contribution in [0.2, 0.25) is 10.0 Å². The zero-order valence-corrected chi connectivity index (χ0v) is 13.8. The van der Waals surface area contributed by atoms with Gasteiger partial charge in [0.2, 0.25) is 0 Å². The normalized spacial score (nSPS) is 10.8. The number of pyridine rings is 1. The molecule has 1 heterocycles. The molecule has 0 aliphatic carbocycles. The standard InChI is InChI=1S/C14H9Cl2IN2O/c15-9-1-3-11(12(16)7-9)13(20)5-6-18-14-4-2-10(17)8-19-14/h1-8H,(H,18,19)/b6-5-. The number of anilines is 1. The van der Waals surface area contributed by atoms with Crippen molar-refractivity contribution in [2.24, 2.45) is 0 Å². The van der Waals surface area contributed by atoms with Crippen LogP contribution in [0, 0.1) is 3.57 Å². The molecule has 0 aliphatic rings. The molecule has 0 aliphatic heterocycles. The lowest BCUT2D eigenvalue weighted by molar-refractivity contribution is 0.104. The van der Waals surface area contributed by atoms with Crippen LogP contribution in [0.3, 0.4) is 0 Å². The fourth-order valence-electron chi connectivity index (χ4n) is 1.44. The first-order chi connectivity index (χ1) is 9.56. The van der Waals surface area contributed by atoms with Gasteiger partial charge in [0.05, 0.1) is 5.02 Å². The Morgan fingerprint density at radius 1 is 1.25 bits per heavy atom. The Bertz CT molecular complexity index is 657. The quantitative estimate of drug-likeness (QED) is 0.440. The maximum absolute atomic E-state index is 11.9. The van der Waals surface area contributed by atoms with Gasteiger partial charge in [-0.25, -0.2) is 4.98 Å². The van der Waals surface area contributed by atoms with E-state index in [0.29, 0.717) is 21.4 Å². The van der Waals surface area contributed by atoms with Crippen molar-refractivity contribution in [1.82, 2.24) is 4.98 Å². The maximum atomic E-state index is 11.9. The van der Waals surface area contributed by atoms with Gasteiger partial charge in [0, 0.05) is 32.6 Å². The summed E-state index contributed by atoms with van der Waals surface area (Å²) < 4.78 is 1.04. The topological polar surface area (TPSA) is 42.0 Å². The van der Waals surface area contributed by atoms with Gasteiger partial charge in [-0.15, -0.1) is 0 Å². The highest BCUT2D eigenvalue weighted by Crippen LogP contribution is 2.21. The Morgan fingerprint density at radius 3 is 2.70 bits per heavy atom. The summed E-state index contributed by atoms with van der Waals surface area (Å²) in [6, 6.07) is 8.51. The van der Waals surface area contributed by atoms with E-state index in [1.807, 2.05) is 12.1 Å². The van der Waals surface area contributed by atoms with Gasteiger partial charge in [-0.05, 0) is 52.9 Å². The summed E-state index contributed by atoms with van der Waals surface area (Å²) in [6.45, 7) is 0. The van der Waals surface area contributed by atoms with Gasteiger partial charge in [-0.2, -0.15) is 0 Å². The maximum Gasteiger partial charge on any atom is 0.188 e. The van der Waals surface area contributed by atoms with E-state index in [9.17, 15) is 4.79 Å². The van der Waals surface area contributed by atoms with Crippen LogP contribution in [0.25, 0.3) is 0 Å². The third kappa shape index (κ3) is 4.19. The lowest BCUT2D eigenvalue weighted by atomic mass is 10.1. The lowest BCUT2D eigenvalue weighted by Crippen LogP contribution is -1.98. The SMILES string of the molecule is O=C(/C=C\Nc1ccc(I)cn1)c1ccc(Cl)cc1Cl. The van der Waals surface area contributed by atoms with Gasteiger partial charge < -0.3 is 5.32 Å². The number of ketones is 1. The number of benzene rings is 1. The highest BCUT2D eigenvalue weighted by atomic mass is 127. The number of rotatable bonds is 4. The van der Waals surface area contributed by atoms with Gasteiger partial charge in [-0.3, -0.25) is 4.79 Å². The summed E-state index contributed by atoms with van der Waals surface area (Å²) in [7, 11) is 0. The van der Waals surface area contributed by atoms with Crippen molar-refractivity contribution in [3.05, 3.63) is 68.0 Å². The molecule has 0 fully saturated rings. The van der Waals surface area contributed by atoms with Crippen molar-refractivity contribution in [1.29, 1.82) is 0 Å². The van der Waals surface area contributed by atoms with E-state index < -0.39 is 0 Å². The zero-order chi connectivity index (χ0) is 14.5. The number of allylic oxidation sites excluding steroid dienone is 1. The molecule has 1 aromatic heterocycles. The minimum Gasteiger partial charge on any atom is -0.347 e. The van der Waals surface area contributed by atoms with E-state index in [1.165, 1.54) is 18.3 Å². The molecule has 1 N–H and O–H groups in total. The van der Waals surface area contributed by atoms with E-state index in [4.69, 9.17) is 23.2 Å². The van der Waals surface area contributed by atoms with Crippen molar-refractivity contribution in [2.45, 2.75) is 0 Å². The average molecular weight is 419 g/mol. The monoisotopic (exact) mass is 418 g/mol. The van der Waals surface area contributed by atoms with Gasteiger partial charge in [-0.1, -0.05) is 23.2 Å². The van der Waals surface area contributed by atoms with Gasteiger partial charge >= 0.3 is 0 Å². The second-order valence-corrected chi connectivity index (χ2v) is 5.92. The molecule has 0 unspecified atom stereocenters. The number of nitrogens with zero attached hydrogens (tertiary/aromatic N) is 1. The molecule has 20 heavy (non-hydrogen) atoms. The molecule has 0 saturated carbocycles. The van der Waals surface area contributed by atoms with Crippen molar-refractivity contribution < 1.29 is 4.79 Å². The van der Waals surface area contributed by atoms with Gasteiger partial charge in [0.1, 0.15) is 5.82 Å². The van der Waals surface area contributed by atoms with E-state index >= 15 is 0 Å². The smallest absolute Gasteiger partial charge is 0.188 e. The second kappa shape index (κ2) is 7.06.